The summed E-state index contributed by atoms with van der Waals surface area (Å²) in [4.78, 5) is 11.5. The lowest BCUT2D eigenvalue weighted by Crippen LogP contribution is -2.72. The molecule has 7 heteroatoms. The third kappa shape index (κ3) is 7.91. The number of rotatable bonds is 9. The van der Waals surface area contributed by atoms with Gasteiger partial charge in [0.1, 0.15) is 5.82 Å². The largest absolute Gasteiger partial charge is 0.309 e. The van der Waals surface area contributed by atoms with Crippen LogP contribution in [0.4, 0.5) is 0 Å². The van der Waals surface area contributed by atoms with Gasteiger partial charge in [0, 0.05) is 66.1 Å². The minimum absolute atomic E-state index is 0.593. The van der Waals surface area contributed by atoms with Crippen molar-refractivity contribution in [3.63, 3.8) is 0 Å². The van der Waals surface area contributed by atoms with E-state index in [-0.39, 0.29) is 0 Å². The number of aromatic nitrogens is 6. The van der Waals surface area contributed by atoms with Gasteiger partial charge in [0.2, 0.25) is 5.95 Å². The number of hydrogen-bond donors (Lipinski definition) is 0. The Morgan fingerprint density at radius 2 is 0.547 bits per heavy atom. The molecular weight excluding hydrogens is 1170 g/mol. The molecule has 1 aliphatic heterocycles. The number of fused-ring (bicyclic) bond motifs is 15. The lowest BCUT2D eigenvalue weighted by atomic mass is 10.0. The molecular formula is C88H56N6Si. The van der Waals surface area contributed by atoms with Gasteiger partial charge in [-0.15, -0.1) is 0 Å². The highest BCUT2D eigenvalue weighted by Gasteiger charge is 2.48. The Hall–Kier alpha value is -12.4. The van der Waals surface area contributed by atoms with Crippen LogP contribution in [-0.4, -0.2) is 36.3 Å². The smallest absolute Gasteiger partial charge is 0.237 e. The summed E-state index contributed by atoms with van der Waals surface area (Å²) in [6, 6.07) is 125. The second-order valence-corrected chi connectivity index (χ2v) is 28.9. The molecule has 19 aromatic rings. The highest BCUT2D eigenvalue weighted by Crippen LogP contribution is 2.42. The SMILES string of the molecule is c1ccc(-n2c3ccccc3c3cc(-c4ccc5c(c4)c4ccccc4n5-c4cc(-c5ccc([Si]6(c7ccccc7)c7ccccc7-c7ccccc76)cc5)nc(-n5c6ccccc6c6cc(-c7ccc8c(c7)c7ccccc7n8-c7ccccc7)ccc65)n4)ccc32)cc1. The molecule has 0 spiro atoms. The first-order valence-corrected chi connectivity index (χ1v) is 34.6. The van der Waals surface area contributed by atoms with Crippen molar-refractivity contribution in [2.75, 3.05) is 0 Å². The Labute approximate surface area is 548 Å². The lowest BCUT2D eigenvalue weighted by molar-refractivity contribution is 0.952. The fraction of sp³-hybridized carbons (Fsp3) is 0. The van der Waals surface area contributed by atoms with Crippen molar-refractivity contribution in [2.45, 2.75) is 0 Å². The topological polar surface area (TPSA) is 45.5 Å². The average Bonchev–Trinajstić information content (AvgIpc) is 1.55. The molecule has 0 aliphatic carbocycles. The normalized spacial score (nSPS) is 12.7. The molecule has 6 nitrogen and oxygen atoms in total. The van der Waals surface area contributed by atoms with Crippen molar-refractivity contribution in [1.29, 1.82) is 0 Å². The Balaban J connectivity index is 0.779. The van der Waals surface area contributed by atoms with Crippen molar-refractivity contribution in [3.8, 4) is 67.8 Å². The van der Waals surface area contributed by atoms with Gasteiger partial charge in [-0.25, -0.2) is 4.98 Å². The van der Waals surface area contributed by atoms with E-state index in [4.69, 9.17) is 9.97 Å². The van der Waals surface area contributed by atoms with Gasteiger partial charge in [0.25, 0.3) is 0 Å². The van der Waals surface area contributed by atoms with E-state index in [0.29, 0.717) is 5.95 Å². The molecule has 5 aromatic heterocycles. The predicted octanol–water partition coefficient (Wildman–Crippen LogP) is 19.2. The Bertz CT molecular complexity index is 6000. The molecule has 0 saturated heterocycles. The first-order valence-electron chi connectivity index (χ1n) is 32.6. The number of benzene rings is 14. The van der Waals surface area contributed by atoms with Crippen LogP contribution in [-0.2, 0) is 0 Å². The van der Waals surface area contributed by atoms with Crippen LogP contribution < -0.4 is 20.7 Å². The first-order chi connectivity index (χ1) is 47.1. The van der Waals surface area contributed by atoms with Crippen molar-refractivity contribution in [1.82, 2.24) is 28.2 Å². The molecule has 0 radical (unpaired) electrons. The van der Waals surface area contributed by atoms with E-state index in [1.54, 1.807) is 0 Å². The molecule has 442 valence electrons. The predicted molar refractivity (Wildman–Crippen MR) is 398 cm³/mol. The van der Waals surface area contributed by atoms with Gasteiger partial charge in [-0.05, 0) is 151 Å². The third-order valence-electron chi connectivity index (χ3n) is 20.3. The van der Waals surface area contributed by atoms with Crippen LogP contribution in [0.1, 0.15) is 0 Å². The zero-order valence-corrected chi connectivity index (χ0v) is 52.5. The van der Waals surface area contributed by atoms with Crippen LogP contribution in [0.3, 0.4) is 0 Å². The van der Waals surface area contributed by atoms with Crippen LogP contribution in [0.25, 0.3) is 155 Å². The fourth-order valence-electron chi connectivity index (χ4n) is 16.2. The molecule has 0 amide bonds. The Morgan fingerprint density at radius 1 is 0.221 bits per heavy atom. The van der Waals surface area contributed by atoms with E-state index >= 15 is 0 Å². The molecule has 0 atom stereocenters. The monoisotopic (exact) mass is 1220 g/mol. The summed E-state index contributed by atoms with van der Waals surface area (Å²) >= 11 is 0. The van der Waals surface area contributed by atoms with Gasteiger partial charge in [-0.3, -0.25) is 9.13 Å². The summed E-state index contributed by atoms with van der Waals surface area (Å²) in [7, 11) is -2.76. The third-order valence-corrected chi connectivity index (χ3v) is 25.2. The maximum absolute atomic E-state index is 5.78. The quantitative estimate of drug-likeness (QED) is 0.135. The van der Waals surface area contributed by atoms with Gasteiger partial charge in [-0.1, -0.05) is 237 Å². The van der Waals surface area contributed by atoms with E-state index in [1.165, 1.54) is 75.5 Å². The number of hydrogen-bond acceptors (Lipinski definition) is 2. The minimum Gasteiger partial charge on any atom is -0.309 e. The van der Waals surface area contributed by atoms with E-state index < -0.39 is 8.07 Å². The summed E-state index contributed by atoms with van der Waals surface area (Å²) in [5.74, 6) is 1.37. The molecule has 0 bridgehead atoms. The molecule has 14 aromatic carbocycles. The van der Waals surface area contributed by atoms with Gasteiger partial charge < -0.3 is 9.13 Å². The number of nitrogens with zero attached hydrogens (tertiary/aromatic N) is 6. The van der Waals surface area contributed by atoms with Gasteiger partial charge in [-0.2, -0.15) is 4.98 Å². The highest BCUT2D eigenvalue weighted by atomic mass is 28.3. The number of para-hydroxylation sites is 6. The summed E-state index contributed by atoms with van der Waals surface area (Å²) < 4.78 is 9.40. The van der Waals surface area contributed by atoms with Crippen LogP contribution in [0.15, 0.2) is 340 Å². The molecule has 20 rings (SSSR count). The standard InChI is InChI=1S/C88H56N6Si/c1-4-22-62(23-5-1)91-77-34-16-10-28-66(77)72-52-58(42-48-81(72)91)60-44-50-83-74(54-60)68-30-12-18-36-79(68)93(83)87-56-76(57-40-46-65(47-41-57)95(64-26-8-3-9-27-64)85-38-20-14-32-70(85)71-33-15-21-39-86(71)95)89-88(90-87)94-80-37-19-13-31-69(80)75-55-61(45-51-84(75)94)59-43-49-82-73(53-59)67-29-11-17-35-78(67)92(82)63-24-6-2-7-25-63/h1-56H. The Kier molecular flexibility index (Phi) is 11.7. The van der Waals surface area contributed by atoms with Crippen molar-refractivity contribution < 1.29 is 0 Å². The van der Waals surface area contributed by atoms with Crippen molar-refractivity contribution in [3.05, 3.63) is 340 Å². The Morgan fingerprint density at radius 3 is 1.00 bits per heavy atom. The highest BCUT2D eigenvalue weighted by molar-refractivity contribution is 7.22. The van der Waals surface area contributed by atoms with Gasteiger partial charge in [0.05, 0.1) is 49.8 Å². The molecule has 0 fully saturated rings. The maximum atomic E-state index is 5.78. The van der Waals surface area contributed by atoms with E-state index in [0.717, 1.165) is 94.3 Å². The fourth-order valence-corrected chi connectivity index (χ4v) is 21.3. The molecule has 0 saturated carbocycles. The molecule has 0 N–H and O–H groups in total. The first kappa shape index (κ1) is 53.3. The van der Waals surface area contributed by atoms with Gasteiger partial charge in [0.15, 0.2) is 8.07 Å². The summed E-state index contributed by atoms with van der Waals surface area (Å²) in [6.45, 7) is 0. The average molecular weight is 1230 g/mol. The van der Waals surface area contributed by atoms with Gasteiger partial charge >= 0.3 is 0 Å². The molecule has 95 heavy (non-hydrogen) atoms. The zero-order chi connectivity index (χ0) is 62.3. The molecule has 0 unspecified atom stereocenters. The van der Waals surface area contributed by atoms with Crippen LogP contribution in [0.5, 0.6) is 0 Å². The molecule has 1 aliphatic rings. The molecule has 6 heterocycles. The summed E-state index contributed by atoms with van der Waals surface area (Å²) in [5.41, 5.74) is 20.3. The summed E-state index contributed by atoms with van der Waals surface area (Å²) in [6.07, 6.45) is 0. The minimum atomic E-state index is -2.76. The van der Waals surface area contributed by atoms with E-state index in [9.17, 15) is 0 Å². The van der Waals surface area contributed by atoms with Crippen LogP contribution >= 0.6 is 0 Å². The lowest BCUT2D eigenvalue weighted by Gasteiger charge is -2.31. The van der Waals surface area contributed by atoms with Crippen molar-refractivity contribution >= 4 is 116 Å². The van der Waals surface area contributed by atoms with Crippen molar-refractivity contribution in [2.24, 2.45) is 0 Å². The summed E-state index contributed by atoms with van der Waals surface area (Å²) in [5, 5.41) is 15.0. The maximum Gasteiger partial charge on any atom is 0.237 e. The second kappa shape index (κ2) is 20.8. The van der Waals surface area contributed by atoms with Crippen LogP contribution in [0, 0.1) is 0 Å². The second-order valence-electron chi connectivity index (χ2n) is 25.2. The van der Waals surface area contributed by atoms with E-state index in [1.807, 2.05) is 0 Å². The zero-order valence-electron chi connectivity index (χ0n) is 51.5. The van der Waals surface area contributed by atoms with E-state index in [2.05, 4.69) is 358 Å². The van der Waals surface area contributed by atoms with Crippen LogP contribution in [0.2, 0.25) is 0 Å².